The molecule has 14 heteroatoms. The van der Waals surface area contributed by atoms with Crippen molar-refractivity contribution < 1.29 is 57.5 Å². The summed E-state index contributed by atoms with van der Waals surface area (Å²) in [5, 5.41) is 12.5. The van der Waals surface area contributed by atoms with Crippen LogP contribution in [0, 0.1) is 35.0 Å². The van der Waals surface area contributed by atoms with Crippen molar-refractivity contribution in [1.82, 2.24) is 9.97 Å². The second kappa shape index (κ2) is 14.4. The molecule has 1 N–H and O–H groups in total. The largest absolute Gasteiger partial charge is 0.461 e. The van der Waals surface area contributed by atoms with Gasteiger partial charge in [-0.2, -0.15) is 0 Å². The van der Waals surface area contributed by atoms with E-state index >= 15 is 0 Å². The molecule has 2 aromatic rings. The SMILES string of the molecule is C=C(C)[C@H]1C=C[C@@H](OC(=O)C(C)C)[C@@]23[C@H](O)O[C@@](C)([C@@H](OC(=O)c4cccnc4)[C@@]4(OC(C)=O)C[C@H](C)[C@H](OC(=O)c5cccnc5)[C@@H]4[C@H]2OC(C)=O)[C@H]13. The number of aromatic nitrogens is 2. The average Bonchev–Trinajstić information content (AvgIpc) is 3.50. The van der Waals surface area contributed by atoms with E-state index in [1.165, 1.54) is 50.8 Å². The van der Waals surface area contributed by atoms with Crippen LogP contribution in [-0.4, -0.2) is 86.8 Å². The van der Waals surface area contributed by atoms with Gasteiger partial charge < -0.3 is 33.5 Å². The van der Waals surface area contributed by atoms with E-state index in [9.17, 15) is 29.1 Å². The number of nitrogens with zero attached hydrogens (tertiary/aromatic N) is 2. The van der Waals surface area contributed by atoms with Crippen LogP contribution in [0.5, 0.6) is 0 Å². The highest BCUT2D eigenvalue weighted by Gasteiger charge is 2.84. The molecule has 0 amide bonds. The number of rotatable bonds is 9. The van der Waals surface area contributed by atoms with E-state index in [1.54, 1.807) is 58.9 Å². The molecule has 2 bridgehead atoms. The summed E-state index contributed by atoms with van der Waals surface area (Å²) in [4.78, 5) is 76.4. The Kier molecular flexibility index (Phi) is 10.3. The quantitative estimate of drug-likeness (QED) is 0.219. The van der Waals surface area contributed by atoms with Crippen molar-refractivity contribution in [2.45, 2.75) is 96.8 Å². The highest BCUT2D eigenvalue weighted by molar-refractivity contribution is 5.90. The maximum atomic E-state index is 14.2. The molecular weight excluding hydrogens is 700 g/mol. The zero-order chi connectivity index (χ0) is 39.3. The molecule has 2 aromatic heterocycles. The topological polar surface area (TPSA) is 187 Å². The minimum absolute atomic E-state index is 0.0653. The Bertz CT molecular complexity index is 1850. The first-order chi connectivity index (χ1) is 25.5. The van der Waals surface area contributed by atoms with Crippen LogP contribution < -0.4 is 0 Å². The number of pyridine rings is 2. The molecule has 1 aliphatic heterocycles. The Labute approximate surface area is 313 Å². The molecule has 4 aliphatic rings. The first-order valence-electron chi connectivity index (χ1n) is 18.0. The van der Waals surface area contributed by atoms with Gasteiger partial charge in [0.1, 0.15) is 29.3 Å². The second-order valence-corrected chi connectivity index (χ2v) is 15.3. The predicted octanol–water partition coefficient (Wildman–Crippen LogP) is 4.17. The summed E-state index contributed by atoms with van der Waals surface area (Å²) in [7, 11) is 0. The van der Waals surface area contributed by atoms with Crippen LogP contribution in [0.15, 0.2) is 73.4 Å². The van der Waals surface area contributed by atoms with Crippen LogP contribution in [-0.2, 0) is 42.8 Å². The van der Waals surface area contributed by atoms with Crippen molar-refractivity contribution in [3.63, 3.8) is 0 Å². The van der Waals surface area contributed by atoms with Gasteiger partial charge in [0.15, 0.2) is 18.0 Å². The maximum absolute atomic E-state index is 14.2. The Balaban J connectivity index is 1.69. The van der Waals surface area contributed by atoms with Gasteiger partial charge in [-0.3, -0.25) is 24.4 Å². The fraction of sp³-hybridized carbons (Fsp3) is 0.525. The fourth-order valence-electron chi connectivity index (χ4n) is 9.52. The zero-order valence-corrected chi connectivity index (χ0v) is 31.3. The third-order valence-corrected chi connectivity index (χ3v) is 11.4. The number of carbonyl (C=O) groups is 5. The number of ether oxygens (including phenoxy) is 6. The highest BCUT2D eigenvalue weighted by atomic mass is 16.7. The van der Waals surface area contributed by atoms with Crippen molar-refractivity contribution in [3.05, 3.63) is 84.5 Å². The number of esters is 5. The normalized spacial score (nSPS) is 36.2. The molecule has 6 rings (SSSR count). The summed E-state index contributed by atoms with van der Waals surface area (Å²) in [6.45, 7) is 15.0. The van der Waals surface area contributed by atoms with Gasteiger partial charge in [-0.05, 0) is 56.5 Å². The summed E-state index contributed by atoms with van der Waals surface area (Å²) < 4.78 is 38.3. The van der Waals surface area contributed by atoms with Crippen molar-refractivity contribution in [2.75, 3.05) is 0 Å². The fourth-order valence-corrected chi connectivity index (χ4v) is 9.52. The molecule has 0 spiro atoms. The van der Waals surface area contributed by atoms with Crippen LogP contribution in [0.2, 0.25) is 0 Å². The van der Waals surface area contributed by atoms with Crippen molar-refractivity contribution in [1.29, 1.82) is 0 Å². The van der Waals surface area contributed by atoms with Crippen LogP contribution in [0.4, 0.5) is 0 Å². The van der Waals surface area contributed by atoms with Gasteiger partial charge >= 0.3 is 29.8 Å². The lowest BCUT2D eigenvalue weighted by molar-refractivity contribution is -0.282. The molecule has 3 heterocycles. The smallest absolute Gasteiger partial charge is 0.340 e. The van der Waals surface area contributed by atoms with Gasteiger partial charge in [-0.15, -0.1) is 0 Å². The molecule has 3 aliphatic carbocycles. The van der Waals surface area contributed by atoms with Crippen LogP contribution >= 0.6 is 0 Å². The third-order valence-electron chi connectivity index (χ3n) is 11.4. The summed E-state index contributed by atoms with van der Waals surface area (Å²) in [6, 6.07) is 6.13. The molecule has 1 saturated heterocycles. The van der Waals surface area contributed by atoms with Gasteiger partial charge in [-0.1, -0.05) is 39.0 Å². The Morgan fingerprint density at radius 2 is 1.52 bits per heavy atom. The molecule has 14 nitrogen and oxygen atoms in total. The molecule has 0 aromatic carbocycles. The predicted molar refractivity (Wildman–Crippen MR) is 188 cm³/mol. The number of allylic oxidation sites excluding steroid dienone is 2. The molecule has 54 heavy (non-hydrogen) atoms. The number of aliphatic hydroxyl groups excluding tert-OH is 1. The lowest BCUT2D eigenvalue weighted by atomic mass is 9.54. The van der Waals surface area contributed by atoms with Gasteiger partial charge in [-0.25, -0.2) is 9.59 Å². The van der Waals surface area contributed by atoms with E-state index in [0.29, 0.717) is 5.57 Å². The average molecular weight is 747 g/mol. The van der Waals surface area contributed by atoms with Crippen LogP contribution in [0.25, 0.3) is 0 Å². The molecule has 288 valence electrons. The highest BCUT2D eigenvalue weighted by Crippen LogP contribution is 2.70. The van der Waals surface area contributed by atoms with E-state index in [1.807, 2.05) is 0 Å². The molecule has 12 atom stereocenters. The van der Waals surface area contributed by atoms with E-state index in [4.69, 9.17) is 28.4 Å². The van der Waals surface area contributed by atoms with Gasteiger partial charge in [0.25, 0.3) is 0 Å². The lowest BCUT2D eigenvalue weighted by Crippen LogP contribution is -2.66. The number of hydrogen-bond donors (Lipinski definition) is 1. The number of aliphatic hydroxyl groups is 1. The van der Waals surface area contributed by atoms with Crippen molar-refractivity contribution in [2.24, 2.45) is 35.0 Å². The molecule has 0 unspecified atom stereocenters. The first-order valence-corrected chi connectivity index (χ1v) is 18.0. The minimum Gasteiger partial charge on any atom is -0.461 e. The van der Waals surface area contributed by atoms with Crippen molar-refractivity contribution >= 4 is 29.8 Å². The Morgan fingerprint density at radius 1 is 0.907 bits per heavy atom. The number of hydrogen-bond acceptors (Lipinski definition) is 14. The summed E-state index contributed by atoms with van der Waals surface area (Å²) in [6.07, 6.45) is 1.42. The zero-order valence-electron chi connectivity index (χ0n) is 31.3. The standard InChI is InChI=1S/C40H46N2O12/c1-20(2)27-13-14-28(50-33(45)21(3)4)40-31(27)38(8,54-37(40)48)36(52-35(47)26-12-10-16-42-19-26)39(53-24(7)44)17-22(5)30(29(39)32(40)49-23(6)43)51-34(46)25-11-9-15-41-18-25/h9-16,18-19,21-22,27-32,36-37,48H,1,17H2,2-8H3/t22-,27+,28+,29+,30-,31-,32+,36+,37+,38+,39+,40-/m0/s1. The third kappa shape index (κ3) is 6.18. The Hall–Kier alpha value is -4.95. The summed E-state index contributed by atoms with van der Waals surface area (Å²) in [5.41, 5.74) is -4.81. The minimum atomic E-state index is -1.94. The second-order valence-electron chi connectivity index (χ2n) is 15.3. The van der Waals surface area contributed by atoms with Crippen molar-refractivity contribution in [3.8, 4) is 0 Å². The number of fused-ring (bicyclic) bond motifs is 1. The first kappa shape index (κ1) is 38.8. The van der Waals surface area contributed by atoms with E-state index < -0.39 is 107 Å². The van der Waals surface area contributed by atoms with Gasteiger partial charge in [0.05, 0.1) is 23.0 Å². The van der Waals surface area contributed by atoms with E-state index in [0.717, 1.165) is 0 Å². The van der Waals surface area contributed by atoms with E-state index in [2.05, 4.69) is 16.5 Å². The summed E-state index contributed by atoms with van der Waals surface area (Å²) >= 11 is 0. The monoisotopic (exact) mass is 746 g/mol. The van der Waals surface area contributed by atoms with E-state index in [-0.39, 0.29) is 17.5 Å². The number of carbonyl (C=O) groups excluding carboxylic acids is 5. The van der Waals surface area contributed by atoms with Gasteiger partial charge in [0.2, 0.25) is 0 Å². The Morgan fingerprint density at radius 3 is 2.04 bits per heavy atom. The molecule has 3 fully saturated rings. The van der Waals surface area contributed by atoms with Gasteiger partial charge in [0, 0.05) is 50.5 Å². The van der Waals surface area contributed by atoms with Crippen LogP contribution in [0.3, 0.4) is 0 Å². The molecular formula is C40H46N2O12. The summed E-state index contributed by atoms with van der Waals surface area (Å²) in [5.74, 6) is -8.12. The maximum Gasteiger partial charge on any atom is 0.340 e. The lowest BCUT2D eigenvalue weighted by Gasteiger charge is -2.52. The molecule has 0 radical (unpaired) electrons. The van der Waals surface area contributed by atoms with Crippen LogP contribution in [0.1, 0.15) is 75.6 Å². The molecule has 2 saturated carbocycles.